The fraction of sp³-hybridized carbons (Fsp3) is 0.769. The number of fused-ring (bicyclic) bond motifs is 1. The predicted octanol–water partition coefficient (Wildman–Crippen LogP) is 2.54. The molecule has 0 aromatic carbocycles. The van der Waals surface area contributed by atoms with Gasteiger partial charge in [0.2, 0.25) is 4.96 Å². The van der Waals surface area contributed by atoms with Gasteiger partial charge in [-0.25, -0.2) is 0 Å². The summed E-state index contributed by atoms with van der Waals surface area (Å²) >= 11 is 1.63. The molecule has 2 heterocycles. The van der Waals surface area contributed by atoms with Gasteiger partial charge >= 0.3 is 0 Å². The highest BCUT2D eigenvalue weighted by Gasteiger charge is 2.31. The third kappa shape index (κ3) is 2.65. The van der Waals surface area contributed by atoms with Crippen molar-refractivity contribution in [2.45, 2.75) is 51.9 Å². The van der Waals surface area contributed by atoms with Gasteiger partial charge in [0.25, 0.3) is 0 Å². The number of nitrogens with two attached hydrogens (primary N) is 1. The van der Waals surface area contributed by atoms with Crippen LogP contribution in [0.5, 0.6) is 0 Å². The van der Waals surface area contributed by atoms with Gasteiger partial charge in [-0.2, -0.15) is 9.61 Å². The van der Waals surface area contributed by atoms with E-state index in [-0.39, 0.29) is 5.41 Å². The van der Waals surface area contributed by atoms with E-state index in [2.05, 4.69) is 31.0 Å². The third-order valence-electron chi connectivity index (χ3n) is 3.47. The van der Waals surface area contributed by atoms with Crippen molar-refractivity contribution in [2.75, 3.05) is 6.54 Å². The first kappa shape index (κ1) is 13.0. The topological polar surface area (TPSA) is 69.1 Å². The fourth-order valence-corrected chi connectivity index (χ4v) is 3.38. The zero-order valence-corrected chi connectivity index (χ0v) is 12.6. The molecule has 2 N–H and O–H groups in total. The minimum atomic E-state index is 0.259. The third-order valence-corrected chi connectivity index (χ3v) is 4.53. The molecule has 0 spiro atoms. The molecule has 2 aromatic heterocycles. The van der Waals surface area contributed by atoms with Crippen LogP contribution in [0.1, 0.15) is 62.7 Å². The van der Waals surface area contributed by atoms with Crippen molar-refractivity contribution in [1.82, 2.24) is 19.8 Å². The van der Waals surface area contributed by atoms with Crippen molar-refractivity contribution in [1.29, 1.82) is 0 Å². The maximum absolute atomic E-state index is 5.93. The Morgan fingerprint density at radius 3 is 2.68 bits per heavy atom. The minimum absolute atomic E-state index is 0.259. The van der Waals surface area contributed by atoms with E-state index >= 15 is 0 Å². The summed E-state index contributed by atoms with van der Waals surface area (Å²) in [5.74, 6) is 1.92. The second kappa shape index (κ2) is 4.52. The first-order valence-electron chi connectivity index (χ1n) is 6.90. The Morgan fingerprint density at radius 2 is 2.11 bits per heavy atom. The maximum atomic E-state index is 5.93. The van der Waals surface area contributed by atoms with Gasteiger partial charge in [0.1, 0.15) is 5.01 Å². The van der Waals surface area contributed by atoms with E-state index in [1.165, 1.54) is 12.8 Å². The van der Waals surface area contributed by atoms with Gasteiger partial charge in [0.05, 0.1) is 0 Å². The number of hydrogen-bond donors (Lipinski definition) is 1. The lowest BCUT2D eigenvalue weighted by Crippen LogP contribution is -2.19. The van der Waals surface area contributed by atoms with Crippen molar-refractivity contribution in [3.8, 4) is 0 Å². The van der Waals surface area contributed by atoms with E-state index in [1.807, 2.05) is 4.52 Å². The van der Waals surface area contributed by atoms with Crippen LogP contribution in [0.2, 0.25) is 0 Å². The first-order chi connectivity index (χ1) is 8.98. The second-order valence-corrected chi connectivity index (χ2v) is 7.65. The summed E-state index contributed by atoms with van der Waals surface area (Å²) in [5.41, 5.74) is 6.19. The highest BCUT2D eigenvalue weighted by atomic mass is 32.1. The quantitative estimate of drug-likeness (QED) is 0.933. The summed E-state index contributed by atoms with van der Waals surface area (Å²) in [6.45, 7) is 7.36. The molecule has 19 heavy (non-hydrogen) atoms. The summed E-state index contributed by atoms with van der Waals surface area (Å²) in [6, 6.07) is 0. The van der Waals surface area contributed by atoms with E-state index in [1.54, 1.807) is 11.3 Å². The molecule has 1 aliphatic carbocycles. The molecule has 1 saturated carbocycles. The van der Waals surface area contributed by atoms with E-state index in [0.29, 0.717) is 18.4 Å². The second-order valence-electron chi connectivity index (χ2n) is 6.66. The Labute approximate surface area is 117 Å². The van der Waals surface area contributed by atoms with Crippen molar-refractivity contribution < 1.29 is 0 Å². The maximum Gasteiger partial charge on any atom is 0.234 e. The number of nitrogens with zero attached hydrogens (tertiary/aromatic N) is 4. The Balaban J connectivity index is 1.91. The van der Waals surface area contributed by atoms with Crippen molar-refractivity contribution in [3.05, 3.63) is 10.8 Å². The SMILES string of the molecule is CC(C)(C)CC(CN)c1nn2c(C3CC3)nnc2s1. The summed E-state index contributed by atoms with van der Waals surface area (Å²) in [6.07, 6.45) is 3.48. The van der Waals surface area contributed by atoms with Crippen LogP contribution in [0.4, 0.5) is 0 Å². The zero-order valence-electron chi connectivity index (χ0n) is 11.8. The molecule has 0 aliphatic heterocycles. The largest absolute Gasteiger partial charge is 0.330 e. The molecule has 1 atom stereocenters. The lowest BCUT2D eigenvalue weighted by atomic mass is 9.85. The first-order valence-corrected chi connectivity index (χ1v) is 7.71. The van der Waals surface area contributed by atoms with Crippen molar-refractivity contribution >= 4 is 16.3 Å². The molecule has 1 unspecified atom stereocenters. The number of rotatable bonds is 4. The molecule has 0 radical (unpaired) electrons. The van der Waals surface area contributed by atoms with Crippen LogP contribution in [-0.2, 0) is 0 Å². The summed E-state index contributed by atoms with van der Waals surface area (Å²) in [5, 5.41) is 14.3. The molecule has 0 amide bonds. The molecule has 0 saturated heterocycles. The van der Waals surface area contributed by atoms with Gasteiger partial charge in [-0.1, -0.05) is 32.1 Å². The van der Waals surface area contributed by atoms with Crippen LogP contribution in [0.3, 0.4) is 0 Å². The summed E-state index contributed by atoms with van der Waals surface area (Å²) in [4.78, 5) is 0.907. The minimum Gasteiger partial charge on any atom is -0.330 e. The standard InChI is InChI=1S/C13H21N5S/c1-13(2,3)6-9(7-14)11-17-18-10(8-4-5-8)15-16-12(18)19-11/h8-9H,4-7,14H2,1-3H3. The average Bonchev–Trinajstić information content (AvgIpc) is 2.95. The monoisotopic (exact) mass is 279 g/mol. The molecule has 1 fully saturated rings. The van der Waals surface area contributed by atoms with E-state index in [4.69, 9.17) is 10.8 Å². The van der Waals surface area contributed by atoms with Crippen molar-refractivity contribution in [2.24, 2.45) is 11.1 Å². The van der Waals surface area contributed by atoms with Crippen LogP contribution in [0, 0.1) is 5.41 Å². The van der Waals surface area contributed by atoms with E-state index in [0.717, 1.165) is 22.2 Å². The molecular weight excluding hydrogens is 258 g/mol. The van der Waals surface area contributed by atoms with E-state index < -0.39 is 0 Å². The Kier molecular flexibility index (Phi) is 3.09. The van der Waals surface area contributed by atoms with Gasteiger partial charge in [-0.05, 0) is 24.7 Å². The average molecular weight is 279 g/mol. The normalized spacial score (nSPS) is 18.1. The number of hydrogen-bond acceptors (Lipinski definition) is 5. The molecular formula is C13H21N5S. The Hall–Kier alpha value is -1.01. The molecule has 3 rings (SSSR count). The van der Waals surface area contributed by atoms with Gasteiger partial charge in [-0.15, -0.1) is 10.2 Å². The van der Waals surface area contributed by atoms with Crippen LogP contribution in [0.15, 0.2) is 0 Å². The molecule has 2 aromatic rings. The van der Waals surface area contributed by atoms with Gasteiger partial charge in [0, 0.05) is 18.4 Å². The van der Waals surface area contributed by atoms with Crippen LogP contribution < -0.4 is 5.73 Å². The smallest absolute Gasteiger partial charge is 0.234 e. The van der Waals surface area contributed by atoms with Gasteiger partial charge in [0.15, 0.2) is 5.82 Å². The highest BCUT2D eigenvalue weighted by molar-refractivity contribution is 7.16. The zero-order chi connectivity index (χ0) is 13.6. The van der Waals surface area contributed by atoms with Crippen LogP contribution >= 0.6 is 11.3 Å². The van der Waals surface area contributed by atoms with E-state index in [9.17, 15) is 0 Å². The predicted molar refractivity (Wildman–Crippen MR) is 76.5 cm³/mol. The Bertz CT molecular complexity index is 575. The molecule has 1 aliphatic rings. The molecule has 104 valence electrons. The summed E-state index contributed by atoms with van der Waals surface area (Å²) in [7, 11) is 0. The number of aromatic nitrogens is 4. The lowest BCUT2D eigenvalue weighted by Gasteiger charge is -2.23. The van der Waals surface area contributed by atoms with Gasteiger partial charge in [-0.3, -0.25) is 0 Å². The molecule has 6 heteroatoms. The Morgan fingerprint density at radius 1 is 1.37 bits per heavy atom. The fourth-order valence-electron chi connectivity index (χ4n) is 2.42. The van der Waals surface area contributed by atoms with Gasteiger partial charge < -0.3 is 5.73 Å². The van der Waals surface area contributed by atoms with Crippen molar-refractivity contribution in [3.63, 3.8) is 0 Å². The molecule has 5 nitrogen and oxygen atoms in total. The highest BCUT2D eigenvalue weighted by Crippen LogP contribution is 2.40. The summed E-state index contributed by atoms with van der Waals surface area (Å²) < 4.78 is 1.93. The molecule has 0 bridgehead atoms. The lowest BCUT2D eigenvalue weighted by molar-refractivity contribution is 0.340. The van der Waals surface area contributed by atoms with Crippen LogP contribution in [-0.4, -0.2) is 26.4 Å². The van der Waals surface area contributed by atoms with Crippen LogP contribution in [0.25, 0.3) is 4.96 Å².